The van der Waals surface area contributed by atoms with Crippen LogP contribution < -0.4 is 0 Å². The largest absolute Gasteiger partial charge is 0.378 e. The van der Waals surface area contributed by atoms with E-state index in [4.69, 9.17) is 4.74 Å². The fourth-order valence-electron chi connectivity index (χ4n) is 1.54. The van der Waals surface area contributed by atoms with Crippen LogP contribution in [0.3, 0.4) is 0 Å². The fourth-order valence-corrected chi connectivity index (χ4v) is 1.54. The molecule has 0 unspecified atom stereocenters. The number of benzene rings is 1. The highest BCUT2D eigenvalue weighted by atomic mass is 19.1. The quantitative estimate of drug-likeness (QED) is 0.849. The molecular formula is C12H11F2NO. The van der Waals surface area contributed by atoms with Gasteiger partial charge in [-0.15, -0.1) is 0 Å². The summed E-state index contributed by atoms with van der Waals surface area (Å²) in [5.41, 5.74) is 1.62. The van der Waals surface area contributed by atoms with Crippen LogP contribution in [0.5, 0.6) is 0 Å². The number of aromatic nitrogens is 1. The molecule has 1 heterocycles. The SMILES string of the molecule is COCc1cc(F)c(-c2ccc(F)cc2)[nH]1. The number of hydrogen-bond donors (Lipinski definition) is 1. The molecule has 16 heavy (non-hydrogen) atoms. The summed E-state index contributed by atoms with van der Waals surface area (Å²) in [6.45, 7) is 0.318. The van der Waals surface area contributed by atoms with Gasteiger partial charge in [-0.25, -0.2) is 8.78 Å². The van der Waals surface area contributed by atoms with Gasteiger partial charge < -0.3 is 9.72 Å². The van der Waals surface area contributed by atoms with E-state index >= 15 is 0 Å². The van der Waals surface area contributed by atoms with Gasteiger partial charge in [0.25, 0.3) is 0 Å². The molecule has 0 amide bonds. The predicted molar refractivity (Wildman–Crippen MR) is 56.9 cm³/mol. The van der Waals surface area contributed by atoms with Crippen molar-refractivity contribution in [2.24, 2.45) is 0 Å². The Kier molecular flexibility index (Phi) is 3.01. The van der Waals surface area contributed by atoms with Crippen molar-refractivity contribution >= 4 is 0 Å². The van der Waals surface area contributed by atoms with Gasteiger partial charge in [-0.05, 0) is 30.3 Å². The van der Waals surface area contributed by atoms with Crippen molar-refractivity contribution in [3.8, 4) is 11.3 Å². The maximum absolute atomic E-state index is 13.5. The minimum atomic E-state index is -0.362. The lowest BCUT2D eigenvalue weighted by molar-refractivity contribution is 0.182. The number of methoxy groups -OCH3 is 1. The van der Waals surface area contributed by atoms with Crippen molar-refractivity contribution in [3.63, 3.8) is 0 Å². The normalized spacial score (nSPS) is 10.7. The van der Waals surface area contributed by atoms with E-state index in [0.717, 1.165) is 0 Å². The molecule has 0 aliphatic rings. The number of H-pyrrole nitrogens is 1. The minimum Gasteiger partial charge on any atom is -0.378 e. The van der Waals surface area contributed by atoms with Crippen molar-refractivity contribution in [2.45, 2.75) is 6.61 Å². The molecule has 0 fully saturated rings. The fraction of sp³-hybridized carbons (Fsp3) is 0.167. The van der Waals surface area contributed by atoms with Gasteiger partial charge >= 0.3 is 0 Å². The summed E-state index contributed by atoms with van der Waals surface area (Å²) in [6, 6.07) is 7.03. The number of aromatic amines is 1. The Morgan fingerprint density at radius 1 is 1.19 bits per heavy atom. The van der Waals surface area contributed by atoms with Gasteiger partial charge in [0.2, 0.25) is 0 Å². The third kappa shape index (κ3) is 2.12. The summed E-state index contributed by atoms with van der Waals surface area (Å²) in [5, 5.41) is 0. The van der Waals surface area contributed by atoms with E-state index in [9.17, 15) is 8.78 Å². The third-order valence-electron chi connectivity index (χ3n) is 2.26. The summed E-state index contributed by atoms with van der Waals surface area (Å²) < 4.78 is 31.1. The van der Waals surface area contributed by atoms with E-state index in [0.29, 0.717) is 23.6 Å². The number of halogens is 2. The molecule has 2 rings (SSSR count). The Morgan fingerprint density at radius 2 is 1.88 bits per heavy atom. The zero-order valence-electron chi connectivity index (χ0n) is 8.76. The number of rotatable bonds is 3. The molecule has 0 bridgehead atoms. The summed E-state index contributed by atoms with van der Waals surface area (Å²) in [6.07, 6.45) is 0. The molecule has 0 saturated heterocycles. The molecule has 2 nitrogen and oxygen atoms in total. The van der Waals surface area contributed by atoms with E-state index in [-0.39, 0.29) is 11.6 Å². The molecule has 4 heteroatoms. The van der Waals surface area contributed by atoms with Gasteiger partial charge in [0.1, 0.15) is 11.6 Å². The van der Waals surface area contributed by atoms with Crippen molar-refractivity contribution in [1.29, 1.82) is 0 Å². The molecule has 2 aromatic rings. The summed E-state index contributed by atoms with van der Waals surface area (Å²) in [5.74, 6) is -0.702. The monoisotopic (exact) mass is 223 g/mol. The molecule has 1 aromatic heterocycles. The lowest BCUT2D eigenvalue weighted by Gasteiger charge is -1.98. The van der Waals surface area contributed by atoms with Crippen LogP contribution in [-0.2, 0) is 11.3 Å². The second-order valence-electron chi connectivity index (χ2n) is 3.46. The van der Waals surface area contributed by atoms with Crippen LogP contribution in [0.15, 0.2) is 30.3 Å². The van der Waals surface area contributed by atoms with Gasteiger partial charge in [-0.3, -0.25) is 0 Å². The van der Waals surface area contributed by atoms with Crippen LogP contribution in [0, 0.1) is 11.6 Å². The van der Waals surface area contributed by atoms with E-state index < -0.39 is 0 Å². The summed E-state index contributed by atoms with van der Waals surface area (Å²) >= 11 is 0. The van der Waals surface area contributed by atoms with Gasteiger partial charge in [-0.2, -0.15) is 0 Å². The van der Waals surface area contributed by atoms with Crippen LogP contribution in [0.25, 0.3) is 11.3 Å². The molecule has 0 spiro atoms. The Morgan fingerprint density at radius 3 is 2.50 bits per heavy atom. The zero-order valence-corrected chi connectivity index (χ0v) is 8.76. The lowest BCUT2D eigenvalue weighted by Crippen LogP contribution is -1.87. The van der Waals surface area contributed by atoms with Gasteiger partial charge in [-0.1, -0.05) is 0 Å². The maximum Gasteiger partial charge on any atom is 0.149 e. The van der Waals surface area contributed by atoms with Gasteiger partial charge in [0.15, 0.2) is 0 Å². The highest BCUT2D eigenvalue weighted by molar-refractivity contribution is 5.60. The minimum absolute atomic E-state index is 0.318. The van der Waals surface area contributed by atoms with Crippen LogP contribution >= 0.6 is 0 Å². The second-order valence-corrected chi connectivity index (χ2v) is 3.46. The van der Waals surface area contributed by atoms with Crippen LogP contribution in [0.4, 0.5) is 8.78 Å². The van der Waals surface area contributed by atoms with Crippen LogP contribution in [0.2, 0.25) is 0 Å². The molecule has 1 aromatic carbocycles. The lowest BCUT2D eigenvalue weighted by atomic mass is 10.1. The molecular weight excluding hydrogens is 212 g/mol. The zero-order chi connectivity index (χ0) is 11.5. The first-order valence-corrected chi connectivity index (χ1v) is 4.83. The second kappa shape index (κ2) is 4.45. The topological polar surface area (TPSA) is 25.0 Å². The summed E-state index contributed by atoms with van der Waals surface area (Å²) in [4.78, 5) is 2.90. The van der Waals surface area contributed by atoms with Gasteiger partial charge in [0.05, 0.1) is 12.3 Å². The van der Waals surface area contributed by atoms with Crippen LogP contribution in [-0.4, -0.2) is 12.1 Å². The predicted octanol–water partition coefficient (Wildman–Crippen LogP) is 3.11. The molecule has 1 N–H and O–H groups in total. The Balaban J connectivity index is 2.36. The molecule has 84 valence electrons. The average Bonchev–Trinajstić information content (AvgIpc) is 2.61. The van der Waals surface area contributed by atoms with E-state index in [2.05, 4.69) is 4.98 Å². The first kappa shape index (κ1) is 10.8. The Labute approximate surface area is 91.9 Å². The summed E-state index contributed by atoms with van der Waals surface area (Å²) in [7, 11) is 1.54. The molecule has 0 saturated carbocycles. The third-order valence-corrected chi connectivity index (χ3v) is 2.26. The molecule has 0 aliphatic carbocycles. The molecule has 0 atom stereocenters. The van der Waals surface area contributed by atoms with E-state index in [1.54, 1.807) is 0 Å². The average molecular weight is 223 g/mol. The van der Waals surface area contributed by atoms with Gasteiger partial charge in [0, 0.05) is 18.4 Å². The van der Waals surface area contributed by atoms with Crippen molar-refractivity contribution < 1.29 is 13.5 Å². The highest BCUT2D eigenvalue weighted by Gasteiger charge is 2.09. The Hall–Kier alpha value is -1.68. The number of nitrogens with one attached hydrogen (secondary N) is 1. The maximum atomic E-state index is 13.5. The molecule has 0 aliphatic heterocycles. The number of hydrogen-bond acceptors (Lipinski definition) is 1. The van der Waals surface area contributed by atoms with Crippen molar-refractivity contribution in [2.75, 3.05) is 7.11 Å². The smallest absolute Gasteiger partial charge is 0.149 e. The molecule has 0 radical (unpaired) electrons. The number of ether oxygens (including phenoxy) is 1. The first-order valence-electron chi connectivity index (χ1n) is 4.83. The van der Waals surface area contributed by atoms with Crippen LogP contribution in [0.1, 0.15) is 5.69 Å². The van der Waals surface area contributed by atoms with Crippen molar-refractivity contribution in [1.82, 2.24) is 4.98 Å². The van der Waals surface area contributed by atoms with E-state index in [1.807, 2.05) is 0 Å². The first-order chi connectivity index (χ1) is 7.70. The van der Waals surface area contributed by atoms with Crippen molar-refractivity contribution in [3.05, 3.63) is 47.7 Å². The highest BCUT2D eigenvalue weighted by Crippen LogP contribution is 2.23. The van der Waals surface area contributed by atoms with E-state index in [1.165, 1.54) is 37.4 Å². The standard InChI is InChI=1S/C12H11F2NO/c1-16-7-10-6-11(14)12(15-10)8-2-4-9(13)5-3-8/h2-6,15H,7H2,1H3. The Bertz CT molecular complexity index is 476.